The minimum Gasteiger partial charge on any atom is -0.477 e. The van der Waals surface area contributed by atoms with Crippen molar-refractivity contribution in [3.05, 3.63) is 172 Å². The number of amides is 3. The van der Waals surface area contributed by atoms with E-state index in [0.717, 1.165) is 38.6 Å². The van der Waals surface area contributed by atoms with Crippen LogP contribution in [0.25, 0.3) is 0 Å². The van der Waals surface area contributed by atoms with Crippen molar-refractivity contribution in [2.75, 3.05) is 22.9 Å². The zero-order chi connectivity index (χ0) is 38.1. The maximum Gasteiger partial charge on any atom is 0.352 e. The first-order chi connectivity index (χ1) is 26.8. The highest BCUT2D eigenvalue weighted by Gasteiger charge is 2.54. The number of hydrogen-bond donors (Lipinski definition) is 3. The number of carbonyl (C=O) groups excluding carboxylic acids is 3. The van der Waals surface area contributed by atoms with E-state index in [2.05, 4.69) is 15.5 Å². The van der Waals surface area contributed by atoms with Gasteiger partial charge in [-0.15, -0.1) is 23.1 Å². The maximum absolute atomic E-state index is 14.2. The number of hydrogen-bond acceptors (Lipinski definition) is 10. The quantitative estimate of drug-likeness (QED) is 0.0542. The molecule has 8 rings (SSSR count). The highest BCUT2D eigenvalue weighted by Crippen LogP contribution is 2.43. The lowest BCUT2D eigenvalue weighted by Crippen LogP contribution is -2.71. The molecule has 55 heavy (non-hydrogen) atoms. The standard InChI is InChI=1S/C41H32N6O6S2/c42-40-43-31(24-55-40)32(45-53-41(27-13-5-1-6-14-27,28-15-7-2-8-16-28)29-17-9-3-10-18-29)35(48)44-33-37(50)47-34(39(51)52)26(23-54-38(33)47)21-25-22-46(36(25)49)30-19-11-4-12-20-30/h1-21,24,33,38H,22-23H2,(H2,42,43)(H,44,48)(H,51,52)/t33-,38-/m1/s1. The summed E-state index contributed by atoms with van der Waals surface area (Å²) >= 11 is 2.40. The molecule has 2 fully saturated rings. The van der Waals surface area contributed by atoms with E-state index >= 15 is 0 Å². The van der Waals surface area contributed by atoms with Gasteiger partial charge in [0.25, 0.3) is 17.7 Å². The van der Waals surface area contributed by atoms with Crippen molar-refractivity contribution >= 4 is 63.3 Å². The molecule has 0 radical (unpaired) electrons. The number of aromatic nitrogens is 1. The summed E-state index contributed by atoms with van der Waals surface area (Å²) in [6.45, 7) is 0.311. The molecule has 4 heterocycles. The fourth-order valence-electron chi connectivity index (χ4n) is 6.88. The molecule has 2 atom stereocenters. The SMILES string of the molecule is Nc1nc(C(=NOC(c2ccccc2)(c2ccccc2)c2ccccc2)C(=O)N[C@@H]2C(=O)N3C(C(=O)O)=C(C=C4CN(c5ccccc5)C4=O)CS[C@H]23)cs1. The number of thiazole rings is 1. The van der Waals surface area contributed by atoms with E-state index in [1.807, 2.05) is 121 Å². The average molecular weight is 769 g/mol. The number of β-lactam (4-membered cyclic amide) rings is 2. The van der Waals surface area contributed by atoms with Crippen LogP contribution >= 0.6 is 23.1 Å². The molecule has 3 aliphatic heterocycles. The second-order valence-electron chi connectivity index (χ2n) is 12.8. The van der Waals surface area contributed by atoms with Crippen LogP contribution in [-0.4, -0.2) is 68.1 Å². The molecule has 0 aliphatic carbocycles. The number of nitrogen functional groups attached to an aromatic ring is 1. The van der Waals surface area contributed by atoms with Crippen LogP contribution in [-0.2, 0) is 29.6 Å². The second kappa shape index (κ2) is 14.7. The van der Waals surface area contributed by atoms with E-state index in [1.54, 1.807) is 16.4 Å². The van der Waals surface area contributed by atoms with E-state index < -0.39 is 34.8 Å². The third-order valence-electron chi connectivity index (χ3n) is 9.55. The van der Waals surface area contributed by atoms with Crippen LogP contribution in [0.1, 0.15) is 22.4 Å². The molecule has 4 N–H and O–H groups in total. The van der Waals surface area contributed by atoms with Crippen LogP contribution in [0.2, 0.25) is 0 Å². The van der Waals surface area contributed by atoms with Gasteiger partial charge in [-0.3, -0.25) is 19.3 Å². The molecule has 0 saturated carbocycles. The second-order valence-corrected chi connectivity index (χ2v) is 14.8. The molecule has 0 bridgehead atoms. The first kappa shape index (κ1) is 35.5. The van der Waals surface area contributed by atoms with Crippen molar-refractivity contribution in [1.82, 2.24) is 15.2 Å². The van der Waals surface area contributed by atoms with Gasteiger partial charge in [-0.25, -0.2) is 9.78 Å². The summed E-state index contributed by atoms with van der Waals surface area (Å²) in [7, 11) is 0. The Kier molecular flexibility index (Phi) is 9.51. The van der Waals surface area contributed by atoms with E-state index in [-0.39, 0.29) is 33.9 Å². The number of carbonyl (C=O) groups is 4. The van der Waals surface area contributed by atoms with Gasteiger partial charge in [0.15, 0.2) is 10.8 Å². The van der Waals surface area contributed by atoms with Crippen LogP contribution in [0.5, 0.6) is 0 Å². The number of para-hydroxylation sites is 1. The number of anilines is 2. The van der Waals surface area contributed by atoms with Gasteiger partial charge >= 0.3 is 5.97 Å². The Morgan fingerprint density at radius 1 is 0.891 bits per heavy atom. The fraction of sp³-hybridized carbons (Fsp3) is 0.122. The van der Waals surface area contributed by atoms with Gasteiger partial charge in [-0.05, 0) is 23.8 Å². The normalized spacial score (nSPS) is 19.1. The van der Waals surface area contributed by atoms with Crippen molar-refractivity contribution in [2.24, 2.45) is 5.16 Å². The Morgan fingerprint density at radius 2 is 1.45 bits per heavy atom. The topological polar surface area (TPSA) is 168 Å². The minimum absolute atomic E-state index is 0.137. The first-order valence-electron chi connectivity index (χ1n) is 17.2. The van der Waals surface area contributed by atoms with Gasteiger partial charge in [0.1, 0.15) is 22.8 Å². The highest BCUT2D eigenvalue weighted by molar-refractivity contribution is 8.00. The van der Waals surface area contributed by atoms with Crippen LogP contribution < -0.4 is 16.0 Å². The Hall–Kier alpha value is -6.51. The molecule has 0 unspecified atom stereocenters. The van der Waals surface area contributed by atoms with Gasteiger partial charge in [-0.2, -0.15) is 0 Å². The van der Waals surface area contributed by atoms with Crippen molar-refractivity contribution < 1.29 is 29.1 Å². The summed E-state index contributed by atoms with van der Waals surface area (Å²) in [4.78, 5) is 67.1. The monoisotopic (exact) mass is 768 g/mol. The molecular formula is C41H32N6O6S2. The van der Waals surface area contributed by atoms with Crippen molar-refractivity contribution in [3.8, 4) is 0 Å². The summed E-state index contributed by atoms with van der Waals surface area (Å²) in [5, 5.41) is 18.6. The molecule has 274 valence electrons. The lowest BCUT2D eigenvalue weighted by Gasteiger charge is -2.49. The predicted molar refractivity (Wildman–Crippen MR) is 210 cm³/mol. The lowest BCUT2D eigenvalue weighted by molar-refractivity contribution is -0.150. The van der Waals surface area contributed by atoms with Gasteiger partial charge in [0, 0.05) is 39.1 Å². The van der Waals surface area contributed by atoms with Crippen molar-refractivity contribution in [1.29, 1.82) is 0 Å². The summed E-state index contributed by atoms with van der Waals surface area (Å²) in [6, 6.07) is 36.6. The lowest BCUT2D eigenvalue weighted by atomic mass is 9.80. The van der Waals surface area contributed by atoms with Crippen molar-refractivity contribution in [3.63, 3.8) is 0 Å². The molecule has 12 nitrogen and oxygen atoms in total. The summed E-state index contributed by atoms with van der Waals surface area (Å²) in [5.74, 6) is -2.72. The number of nitrogens with two attached hydrogens (primary N) is 1. The molecule has 2 saturated heterocycles. The number of oxime groups is 1. The Bertz CT molecular complexity index is 2290. The van der Waals surface area contributed by atoms with E-state index in [0.29, 0.717) is 17.7 Å². The Balaban J connectivity index is 1.09. The fourth-order valence-corrected chi connectivity index (χ4v) is 8.73. The molecule has 3 amide bonds. The summed E-state index contributed by atoms with van der Waals surface area (Å²) < 4.78 is 0. The number of rotatable bonds is 11. The summed E-state index contributed by atoms with van der Waals surface area (Å²) in [5.41, 5.74) is 8.13. The minimum atomic E-state index is -1.31. The third kappa shape index (κ3) is 6.44. The van der Waals surface area contributed by atoms with Crippen LogP contribution in [0.15, 0.2) is 155 Å². The molecule has 3 aliphatic rings. The van der Waals surface area contributed by atoms with Crippen LogP contribution in [0.3, 0.4) is 0 Å². The number of carboxylic acids is 1. The van der Waals surface area contributed by atoms with Crippen LogP contribution in [0.4, 0.5) is 10.8 Å². The van der Waals surface area contributed by atoms with Gasteiger partial charge in [-0.1, -0.05) is 114 Å². The molecule has 5 aromatic rings. The molecule has 14 heteroatoms. The Morgan fingerprint density at radius 3 is 1.96 bits per heavy atom. The van der Waals surface area contributed by atoms with Gasteiger partial charge in [0.2, 0.25) is 5.60 Å². The molecule has 4 aromatic carbocycles. The van der Waals surface area contributed by atoms with E-state index in [9.17, 15) is 24.3 Å². The van der Waals surface area contributed by atoms with Crippen molar-refractivity contribution in [2.45, 2.75) is 17.0 Å². The maximum atomic E-state index is 14.2. The number of nitrogens with one attached hydrogen (secondary N) is 1. The zero-order valence-electron chi connectivity index (χ0n) is 28.9. The summed E-state index contributed by atoms with van der Waals surface area (Å²) in [6.07, 6.45) is 1.56. The number of nitrogens with zero attached hydrogens (tertiary/aromatic N) is 4. The zero-order valence-corrected chi connectivity index (χ0v) is 30.6. The predicted octanol–water partition coefficient (Wildman–Crippen LogP) is 5.15. The number of thioether (sulfide) groups is 1. The third-order valence-corrected chi connectivity index (χ3v) is 11.5. The highest BCUT2D eigenvalue weighted by atomic mass is 32.2. The smallest absolute Gasteiger partial charge is 0.352 e. The number of aliphatic carboxylic acids is 1. The van der Waals surface area contributed by atoms with E-state index in [4.69, 9.17) is 10.6 Å². The largest absolute Gasteiger partial charge is 0.477 e. The number of allylic oxidation sites excluding steroid dienone is 1. The van der Waals surface area contributed by atoms with Gasteiger partial charge < -0.3 is 25.9 Å². The molecular weight excluding hydrogens is 737 g/mol. The molecule has 1 aromatic heterocycles. The Labute approximate surface area is 323 Å². The van der Waals surface area contributed by atoms with E-state index in [1.165, 1.54) is 11.8 Å². The molecule has 0 spiro atoms. The number of carboxylic acid groups (broad SMARTS) is 1. The number of fused-ring (bicyclic) bond motifs is 1. The number of benzene rings is 4. The average Bonchev–Trinajstić information content (AvgIpc) is 3.66. The van der Waals surface area contributed by atoms with Gasteiger partial charge in [0.05, 0.1) is 6.54 Å². The first-order valence-corrected chi connectivity index (χ1v) is 19.1. The van der Waals surface area contributed by atoms with Crippen LogP contribution in [0, 0.1) is 0 Å².